The Morgan fingerprint density at radius 2 is 1.89 bits per heavy atom. The van der Waals surface area contributed by atoms with E-state index in [2.05, 4.69) is 67.2 Å². The third-order valence-corrected chi connectivity index (χ3v) is 5.42. The van der Waals surface area contributed by atoms with Gasteiger partial charge in [0.2, 0.25) is 0 Å². The van der Waals surface area contributed by atoms with Gasteiger partial charge in [0.25, 0.3) is 0 Å². The fourth-order valence-corrected chi connectivity index (χ4v) is 3.72. The monoisotopic (exact) mass is 367 g/mol. The number of benzene rings is 1. The molecule has 1 aliphatic rings. The van der Waals surface area contributed by atoms with Crippen molar-refractivity contribution in [3.05, 3.63) is 65.0 Å². The molecule has 0 amide bonds. The molecule has 27 heavy (non-hydrogen) atoms. The number of pyridine rings is 1. The number of hydrogen-bond donors (Lipinski definition) is 1. The van der Waals surface area contributed by atoms with E-state index < -0.39 is 0 Å². The summed E-state index contributed by atoms with van der Waals surface area (Å²) in [5.41, 5.74) is 5.35. The Morgan fingerprint density at radius 1 is 1.11 bits per heavy atom. The lowest BCUT2D eigenvalue weighted by Gasteiger charge is -2.36. The predicted octanol–water partition coefficient (Wildman–Crippen LogP) is 3.74. The molecule has 1 atom stereocenters. The Morgan fingerprint density at radius 3 is 2.56 bits per heavy atom. The highest BCUT2D eigenvalue weighted by Gasteiger charge is 2.25. The summed E-state index contributed by atoms with van der Waals surface area (Å²) in [6.07, 6.45) is 3.81. The molecule has 2 heterocycles. The van der Waals surface area contributed by atoms with E-state index in [0.717, 1.165) is 39.4 Å². The van der Waals surface area contributed by atoms with E-state index in [1.807, 2.05) is 18.5 Å². The summed E-state index contributed by atoms with van der Waals surface area (Å²) in [4.78, 5) is 6.86. The average molecular weight is 368 g/mol. The maximum Gasteiger partial charge on any atom is 0.0594 e. The molecule has 0 spiro atoms. The van der Waals surface area contributed by atoms with Crippen molar-refractivity contribution in [1.82, 2.24) is 15.2 Å². The van der Waals surface area contributed by atoms with E-state index in [1.54, 1.807) is 0 Å². The number of aryl methyl sites for hydroxylation is 2. The van der Waals surface area contributed by atoms with Crippen LogP contribution in [-0.4, -0.2) is 49.3 Å². The zero-order valence-electron chi connectivity index (χ0n) is 17.2. The van der Waals surface area contributed by atoms with Crippen LogP contribution in [0.1, 0.15) is 42.1 Å². The molecule has 4 heteroatoms. The first-order chi connectivity index (χ1) is 12.9. The molecule has 1 aliphatic heterocycles. The van der Waals surface area contributed by atoms with Gasteiger partial charge in [0.15, 0.2) is 0 Å². The molecule has 1 unspecified atom stereocenters. The first-order valence-electron chi connectivity index (χ1n) is 9.95. The quantitative estimate of drug-likeness (QED) is 0.809. The zero-order valence-corrected chi connectivity index (χ0v) is 17.2. The molecule has 2 aromatic rings. The number of nitrogens with one attached hydrogen (secondary N) is 1. The lowest BCUT2D eigenvalue weighted by Crippen LogP contribution is -2.45. The molecular formula is C23H33N3O. The first-order valence-corrected chi connectivity index (χ1v) is 9.95. The third kappa shape index (κ3) is 5.61. The summed E-state index contributed by atoms with van der Waals surface area (Å²) in [6.45, 7) is 14.8. The van der Waals surface area contributed by atoms with Gasteiger partial charge in [0.05, 0.1) is 19.3 Å². The molecule has 0 saturated carbocycles. The van der Waals surface area contributed by atoms with Gasteiger partial charge >= 0.3 is 0 Å². The van der Waals surface area contributed by atoms with Gasteiger partial charge in [-0.2, -0.15) is 0 Å². The minimum Gasteiger partial charge on any atom is -0.379 e. The third-order valence-electron chi connectivity index (χ3n) is 5.42. The van der Waals surface area contributed by atoms with Crippen LogP contribution < -0.4 is 5.32 Å². The molecule has 0 aliphatic carbocycles. The molecule has 1 aromatic carbocycles. The van der Waals surface area contributed by atoms with Crippen LogP contribution in [0, 0.1) is 19.3 Å². The Bertz CT molecular complexity index is 724. The van der Waals surface area contributed by atoms with Crippen molar-refractivity contribution in [3.63, 3.8) is 0 Å². The van der Waals surface area contributed by atoms with Crippen LogP contribution in [0.15, 0.2) is 42.7 Å². The number of ether oxygens (including phenoxy) is 1. The van der Waals surface area contributed by atoms with Crippen LogP contribution in [0.3, 0.4) is 0 Å². The Kier molecular flexibility index (Phi) is 6.64. The van der Waals surface area contributed by atoms with E-state index in [4.69, 9.17) is 4.74 Å². The first kappa shape index (κ1) is 20.0. The highest BCUT2D eigenvalue weighted by molar-refractivity contribution is 5.36. The van der Waals surface area contributed by atoms with Crippen LogP contribution in [-0.2, 0) is 4.74 Å². The largest absolute Gasteiger partial charge is 0.379 e. The fraction of sp³-hybridized carbons (Fsp3) is 0.522. The van der Waals surface area contributed by atoms with E-state index in [1.165, 1.54) is 22.3 Å². The number of rotatable bonds is 7. The fourth-order valence-electron chi connectivity index (χ4n) is 3.72. The van der Waals surface area contributed by atoms with Crippen LogP contribution in [0.4, 0.5) is 0 Å². The lowest BCUT2D eigenvalue weighted by atomic mass is 9.90. The maximum absolute atomic E-state index is 5.48. The molecule has 1 N–H and O–H groups in total. The van der Waals surface area contributed by atoms with Gasteiger partial charge in [-0.1, -0.05) is 38.1 Å². The highest BCUT2D eigenvalue weighted by atomic mass is 16.5. The Labute approximate surface area is 164 Å². The molecule has 0 bridgehead atoms. The summed E-state index contributed by atoms with van der Waals surface area (Å²) in [5.74, 6) is 0. The van der Waals surface area contributed by atoms with Crippen molar-refractivity contribution in [1.29, 1.82) is 0 Å². The Hall–Kier alpha value is -1.75. The molecule has 4 nitrogen and oxygen atoms in total. The SMILES string of the molecule is Cc1ccc(C(NCC(C)(C)CN2CCOCC2)c2cccnc2)cc1C. The summed E-state index contributed by atoms with van der Waals surface area (Å²) in [7, 11) is 0. The second-order valence-corrected chi connectivity index (χ2v) is 8.50. The maximum atomic E-state index is 5.48. The molecule has 1 saturated heterocycles. The van der Waals surface area contributed by atoms with Crippen molar-refractivity contribution in [3.8, 4) is 0 Å². The predicted molar refractivity (Wildman–Crippen MR) is 111 cm³/mol. The van der Waals surface area contributed by atoms with Gasteiger partial charge in [-0.25, -0.2) is 0 Å². The van der Waals surface area contributed by atoms with Crippen LogP contribution >= 0.6 is 0 Å². The normalized spacial score (nSPS) is 17.0. The molecular weight excluding hydrogens is 334 g/mol. The lowest BCUT2D eigenvalue weighted by molar-refractivity contribution is 0.0211. The van der Waals surface area contributed by atoms with E-state index in [9.17, 15) is 0 Å². The van der Waals surface area contributed by atoms with Crippen LogP contribution in [0.5, 0.6) is 0 Å². The average Bonchev–Trinajstić information content (AvgIpc) is 2.66. The minimum absolute atomic E-state index is 0.155. The van der Waals surface area contributed by atoms with Crippen molar-refractivity contribution in [2.24, 2.45) is 5.41 Å². The minimum atomic E-state index is 0.155. The zero-order chi connectivity index (χ0) is 19.3. The van der Waals surface area contributed by atoms with E-state index in [-0.39, 0.29) is 11.5 Å². The van der Waals surface area contributed by atoms with Gasteiger partial charge in [0.1, 0.15) is 0 Å². The standard InChI is InChI=1S/C23H33N3O/c1-18-7-8-20(14-19(18)2)22(21-6-5-9-24-15-21)25-16-23(3,4)17-26-10-12-27-13-11-26/h5-9,14-15,22,25H,10-13,16-17H2,1-4H3. The summed E-state index contributed by atoms with van der Waals surface area (Å²) >= 11 is 0. The molecule has 0 radical (unpaired) electrons. The summed E-state index contributed by atoms with van der Waals surface area (Å²) in [5, 5.41) is 3.83. The van der Waals surface area contributed by atoms with Crippen molar-refractivity contribution >= 4 is 0 Å². The van der Waals surface area contributed by atoms with Gasteiger partial charge in [-0.15, -0.1) is 0 Å². The number of nitrogens with zero attached hydrogens (tertiary/aromatic N) is 2. The summed E-state index contributed by atoms with van der Waals surface area (Å²) < 4.78 is 5.48. The van der Waals surface area contributed by atoms with E-state index >= 15 is 0 Å². The van der Waals surface area contributed by atoms with E-state index in [0.29, 0.717) is 0 Å². The van der Waals surface area contributed by atoms with Gasteiger partial charge in [-0.3, -0.25) is 9.88 Å². The second-order valence-electron chi connectivity index (χ2n) is 8.50. The van der Waals surface area contributed by atoms with Crippen molar-refractivity contribution < 1.29 is 4.74 Å². The summed E-state index contributed by atoms with van der Waals surface area (Å²) in [6, 6.07) is 11.1. The smallest absolute Gasteiger partial charge is 0.0594 e. The van der Waals surface area contributed by atoms with Crippen LogP contribution in [0.25, 0.3) is 0 Å². The second kappa shape index (κ2) is 8.96. The highest BCUT2D eigenvalue weighted by Crippen LogP contribution is 2.26. The Balaban J connectivity index is 1.74. The van der Waals surface area contributed by atoms with Gasteiger partial charge in [-0.05, 0) is 47.6 Å². The molecule has 3 rings (SSSR count). The van der Waals surface area contributed by atoms with Crippen molar-refractivity contribution in [2.75, 3.05) is 39.4 Å². The molecule has 146 valence electrons. The van der Waals surface area contributed by atoms with Crippen LogP contribution in [0.2, 0.25) is 0 Å². The van der Waals surface area contributed by atoms with Gasteiger partial charge in [0, 0.05) is 38.6 Å². The number of morpholine rings is 1. The number of hydrogen-bond acceptors (Lipinski definition) is 4. The van der Waals surface area contributed by atoms with Gasteiger partial charge < -0.3 is 10.1 Å². The molecule has 1 aromatic heterocycles. The number of aromatic nitrogens is 1. The topological polar surface area (TPSA) is 37.4 Å². The van der Waals surface area contributed by atoms with Crippen molar-refractivity contribution in [2.45, 2.75) is 33.7 Å². The molecule has 1 fully saturated rings.